The molecule has 3 rings (SSSR count). The smallest absolute Gasteiger partial charge is 0.367 e. The molecular weight excluding hydrogens is 324 g/mol. The van der Waals surface area contributed by atoms with Gasteiger partial charge in [-0.15, -0.1) is 11.3 Å². The highest BCUT2D eigenvalue weighted by atomic mass is 35.5. The Bertz CT molecular complexity index is 708. The van der Waals surface area contributed by atoms with Crippen LogP contribution in [0.4, 0.5) is 0 Å². The van der Waals surface area contributed by atoms with Crippen molar-refractivity contribution in [2.24, 2.45) is 0 Å². The zero-order valence-corrected chi connectivity index (χ0v) is 13.4. The molecule has 2 aromatic rings. The van der Waals surface area contributed by atoms with Gasteiger partial charge in [0, 0.05) is 29.4 Å². The van der Waals surface area contributed by atoms with Crippen LogP contribution in [0.1, 0.15) is 31.8 Å². The summed E-state index contributed by atoms with van der Waals surface area (Å²) in [7, 11) is 1.29. The first-order chi connectivity index (χ1) is 10.6. The summed E-state index contributed by atoms with van der Waals surface area (Å²) < 4.78 is 4.59. The second-order valence-corrected chi connectivity index (χ2v) is 6.28. The lowest BCUT2D eigenvalue weighted by Crippen LogP contribution is -2.48. The van der Waals surface area contributed by atoms with Crippen molar-refractivity contribution in [3.63, 3.8) is 0 Å². The number of methoxy groups -OCH3 is 1. The third kappa shape index (κ3) is 2.84. The summed E-state index contributed by atoms with van der Waals surface area (Å²) in [5, 5.41) is 2.49. The molecule has 1 aliphatic rings. The molecule has 1 aliphatic heterocycles. The van der Waals surface area contributed by atoms with E-state index in [-0.39, 0.29) is 10.9 Å². The number of hydrogen-bond donors (Lipinski definition) is 0. The minimum atomic E-state index is -0.522. The number of halogens is 1. The Morgan fingerprint density at radius 2 is 2.00 bits per heavy atom. The van der Waals surface area contributed by atoms with Crippen LogP contribution in [0.2, 0.25) is 5.02 Å². The Balaban J connectivity index is 1.62. The zero-order valence-electron chi connectivity index (χ0n) is 11.8. The second kappa shape index (κ2) is 6.06. The van der Waals surface area contributed by atoms with Crippen LogP contribution in [-0.2, 0) is 4.74 Å². The van der Waals surface area contributed by atoms with E-state index < -0.39 is 5.97 Å². The number of esters is 1. The number of hydrogen-bond acceptors (Lipinski definition) is 5. The van der Waals surface area contributed by atoms with E-state index >= 15 is 0 Å². The van der Waals surface area contributed by atoms with Gasteiger partial charge in [0.1, 0.15) is 5.69 Å². The molecule has 0 bridgehead atoms. The standard InChI is InChI=1S/C15H13ClN2O3S/c1-21-15(20)13-17-12(8-22-13)14(19)18-6-10(7-18)9-2-4-11(16)5-3-9/h2-5,8,10H,6-7H2,1H3. The monoisotopic (exact) mass is 336 g/mol. The fourth-order valence-electron chi connectivity index (χ4n) is 2.31. The largest absolute Gasteiger partial charge is 0.464 e. The third-order valence-corrected chi connectivity index (χ3v) is 4.67. The van der Waals surface area contributed by atoms with Gasteiger partial charge in [-0.1, -0.05) is 23.7 Å². The summed E-state index contributed by atoms with van der Waals surface area (Å²) in [6.07, 6.45) is 0. The van der Waals surface area contributed by atoms with Crippen LogP contribution in [0.15, 0.2) is 29.6 Å². The van der Waals surface area contributed by atoms with Crippen LogP contribution >= 0.6 is 22.9 Å². The van der Waals surface area contributed by atoms with E-state index in [4.69, 9.17) is 11.6 Å². The summed E-state index contributed by atoms with van der Waals surface area (Å²) in [5.74, 6) is -0.358. The molecule has 0 aliphatic carbocycles. The van der Waals surface area contributed by atoms with Crippen LogP contribution in [0.5, 0.6) is 0 Å². The number of amides is 1. The molecule has 0 spiro atoms. The van der Waals surface area contributed by atoms with Crippen LogP contribution in [0.25, 0.3) is 0 Å². The summed E-state index contributed by atoms with van der Waals surface area (Å²) in [6, 6.07) is 7.66. The molecule has 1 fully saturated rings. The molecule has 2 heterocycles. The quantitative estimate of drug-likeness (QED) is 0.809. The molecule has 1 amide bonds. The first kappa shape index (κ1) is 15.0. The molecule has 0 unspecified atom stereocenters. The maximum Gasteiger partial charge on any atom is 0.367 e. The number of likely N-dealkylation sites (tertiary alicyclic amines) is 1. The van der Waals surface area contributed by atoms with Gasteiger partial charge in [0.2, 0.25) is 5.01 Å². The molecule has 0 radical (unpaired) electrons. The Kier molecular flexibility index (Phi) is 4.13. The van der Waals surface area contributed by atoms with Crippen molar-refractivity contribution >= 4 is 34.8 Å². The number of carbonyl (C=O) groups is 2. The number of ether oxygens (including phenoxy) is 1. The van der Waals surface area contributed by atoms with Gasteiger partial charge in [0.15, 0.2) is 0 Å². The number of benzene rings is 1. The number of aromatic nitrogens is 1. The molecular formula is C15H13ClN2O3S. The van der Waals surface area contributed by atoms with Crippen molar-refractivity contribution in [1.29, 1.82) is 0 Å². The van der Waals surface area contributed by atoms with Gasteiger partial charge < -0.3 is 9.64 Å². The van der Waals surface area contributed by atoms with E-state index in [0.717, 1.165) is 11.3 Å². The predicted molar refractivity (Wildman–Crippen MR) is 83.6 cm³/mol. The molecule has 0 N–H and O–H groups in total. The molecule has 7 heteroatoms. The van der Waals surface area contributed by atoms with E-state index in [1.807, 2.05) is 24.3 Å². The minimum absolute atomic E-state index is 0.156. The maximum atomic E-state index is 12.3. The topological polar surface area (TPSA) is 59.5 Å². The molecule has 0 saturated carbocycles. The lowest BCUT2D eigenvalue weighted by Gasteiger charge is -2.39. The minimum Gasteiger partial charge on any atom is -0.464 e. The molecule has 5 nitrogen and oxygen atoms in total. The Hall–Kier alpha value is -1.92. The van der Waals surface area contributed by atoms with Crippen molar-refractivity contribution in [2.75, 3.05) is 20.2 Å². The van der Waals surface area contributed by atoms with Gasteiger partial charge in [-0.05, 0) is 17.7 Å². The summed E-state index contributed by atoms with van der Waals surface area (Å²) in [5.41, 5.74) is 1.46. The normalized spacial score (nSPS) is 14.5. The summed E-state index contributed by atoms with van der Waals surface area (Å²) in [4.78, 5) is 29.4. The molecule has 0 atom stereocenters. The van der Waals surface area contributed by atoms with Crippen molar-refractivity contribution in [2.45, 2.75) is 5.92 Å². The van der Waals surface area contributed by atoms with Gasteiger partial charge >= 0.3 is 5.97 Å². The van der Waals surface area contributed by atoms with Gasteiger partial charge in [-0.25, -0.2) is 9.78 Å². The summed E-state index contributed by atoms with van der Waals surface area (Å²) >= 11 is 6.98. The summed E-state index contributed by atoms with van der Waals surface area (Å²) in [6.45, 7) is 1.29. The van der Waals surface area contributed by atoms with Gasteiger partial charge in [-0.3, -0.25) is 4.79 Å². The van der Waals surface area contributed by atoms with Crippen molar-refractivity contribution in [3.05, 3.63) is 50.9 Å². The van der Waals surface area contributed by atoms with Crippen LogP contribution in [-0.4, -0.2) is 42.0 Å². The Morgan fingerprint density at radius 3 is 2.64 bits per heavy atom. The highest BCUT2D eigenvalue weighted by molar-refractivity contribution is 7.11. The lowest BCUT2D eigenvalue weighted by atomic mass is 9.91. The van der Waals surface area contributed by atoms with Crippen molar-refractivity contribution in [1.82, 2.24) is 9.88 Å². The molecule has 1 saturated heterocycles. The van der Waals surface area contributed by atoms with Crippen LogP contribution < -0.4 is 0 Å². The number of carbonyl (C=O) groups excluding carboxylic acids is 2. The highest BCUT2D eigenvalue weighted by Gasteiger charge is 2.33. The molecule has 1 aromatic heterocycles. The van der Waals surface area contributed by atoms with E-state index in [0.29, 0.717) is 29.7 Å². The van der Waals surface area contributed by atoms with Crippen LogP contribution in [0.3, 0.4) is 0 Å². The van der Waals surface area contributed by atoms with Crippen molar-refractivity contribution < 1.29 is 14.3 Å². The molecule has 114 valence electrons. The van der Waals surface area contributed by atoms with Crippen LogP contribution in [0, 0.1) is 0 Å². The van der Waals surface area contributed by atoms with E-state index in [1.165, 1.54) is 12.7 Å². The first-order valence-electron chi connectivity index (χ1n) is 6.67. The highest BCUT2D eigenvalue weighted by Crippen LogP contribution is 2.29. The lowest BCUT2D eigenvalue weighted by molar-refractivity contribution is 0.0592. The van der Waals surface area contributed by atoms with Gasteiger partial charge in [-0.2, -0.15) is 0 Å². The van der Waals surface area contributed by atoms with E-state index in [2.05, 4.69) is 9.72 Å². The van der Waals surface area contributed by atoms with E-state index in [9.17, 15) is 9.59 Å². The average molecular weight is 337 g/mol. The second-order valence-electron chi connectivity index (χ2n) is 4.99. The van der Waals surface area contributed by atoms with Crippen molar-refractivity contribution in [3.8, 4) is 0 Å². The maximum absolute atomic E-state index is 12.3. The number of thiazole rings is 1. The SMILES string of the molecule is COC(=O)c1nc(C(=O)N2CC(c3ccc(Cl)cc3)C2)cs1. The van der Waals surface area contributed by atoms with Gasteiger partial charge in [0.05, 0.1) is 7.11 Å². The zero-order chi connectivity index (χ0) is 15.7. The van der Waals surface area contributed by atoms with Gasteiger partial charge in [0.25, 0.3) is 5.91 Å². The Labute approximate surface area is 136 Å². The average Bonchev–Trinajstić information content (AvgIpc) is 2.96. The number of nitrogens with zero attached hydrogens (tertiary/aromatic N) is 2. The third-order valence-electron chi connectivity index (χ3n) is 3.59. The Morgan fingerprint density at radius 1 is 1.32 bits per heavy atom. The molecule has 22 heavy (non-hydrogen) atoms. The fourth-order valence-corrected chi connectivity index (χ4v) is 3.14. The first-order valence-corrected chi connectivity index (χ1v) is 7.93. The van der Waals surface area contributed by atoms with E-state index in [1.54, 1.807) is 10.3 Å². The fraction of sp³-hybridized carbons (Fsp3) is 0.267. The number of rotatable bonds is 3. The predicted octanol–water partition coefficient (Wildman–Crippen LogP) is 2.82. The molecule has 1 aromatic carbocycles.